The van der Waals surface area contributed by atoms with Gasteiger partial charge in [0, 0.05) is 0 Å². The molecular weight excluding hydrogens is 597 g/mol. The van der Waals surface area contributed by atoms with Gasteiger partial charge in [-0.05, 0) is 83.9 Å². The van der Waals surface area contributed by atoms with Crippen molar-refractivity contribution in [3.63, 3.8) is 0 Å². The van der Waals surface area contributed by atoms with Crippen LogP contribution in [0.5, 0.6) is 11.5 Å². The van der Waals surface area contributed by atoms with E-state index in [9.17, 15) is 0 Å². The van der Waals surface area contributed by atoms with Gasteiger partial charge in [0.2, 0.25) is 10.3 Å². The smallest absolute Gasteiger partial charge is 0.263 e. The topological polar surface area (TPSA) is 111 Å². The van der Waals surface area contributed by atoms with Crippen molar-refractivity contribution in [2.45, 2.75) is 12.6 Å². The highest BCUT2D eigenvalue weighted by Crippen LogP contribution is 2.27. The Kier molecular flexibility index (Phi) is 8.37. The minimum Gasteiger partial charge on any atom is -0.458 e. The van der Waals surface area contributed by atoms with Gasteiger partial charge in [-0.3, -0.25) is 10.9 Å². The second kappa shape index (κ2) is 13.2. The number of rotatable bonds is 10. The van der Waals surface area contributed by atoms with Crippen LogP contribution in [-0.2, 0) is 9.47 Å². The standard InChI is InChI=1S/C32H26N6O4S2/c1-3-7-27-25(5-1)35-31(43-27)37-33-19-21-9-13-23(14-10-21)41-29-30(40-18-17-39-29)42-24-15-11-22(12-16-24)20-34-38-32-36-26-6-2-4-8-28(26)44-32/h1-16,19-20,29-30H,17-18H2,(H,35,37)(H,36,38). The molecule has 0 aliphatic carbocycles. The third-order valence-electron chi connectivity index (χ3n) is 6.47. The second-order valence-corrected chi connectivity index (χ2v) is 11.6. The molecule has 0 amide bonds. The molecule has 2 atom stereocenters. The molecule has 10 nitrogen and oxygen atoms in total. The van der Waals surface area contributed by atoms with Gasteiger partial charge in [-0.25, -0.2) is 9.97 Å². The predicted octanol–water partition coefficient (Wildman–Crippen LogP) is 6.95. The first-order valence-corrected chi connectivity index (χ1v) is 15.4. The molecule has 0 bridgehead atoms. The van der Waals surface area contributed by atoms with Crippen LogP contribution in [-0.4, -0.2) is 48.2 Å². The fraction of sp³-hybridized carbons (Fsp3) is 0.125. The summed E-state index contributed by atoms with van der Waals surface area (Å²) in [5.41, 5.74) is 9.69. The molecule has 2 unspecified atom stereocenters. The molecule has 6 aromatic rings. The Hall–Kier alpha value is -4.88. The van der Waals surface area contributed by atoms with Crippen molar-refractivity contribution in [3.8, 4) is 11.5 Å². The quantitative estimate of drug-likeness (QED) is 0.125. The third kappa shape index (κ3) is 6.84. The van der Waals surface area contributed by atoms with Crippen molar-refractivity contribution in [3.05, 3.63) is 108 Å². The minimum absolute atomic E-state index is 0.407. The fourth-order valence-corrected chi connectivity index (χ4v) is 5.99. The summed E-state index contributed by atoms with van der Waals surface area (Å²) in [6.45, 7) is 0.813. The summed E-state index contributed by atoms with van der Waals surface area (Å²) >= 11 is 3.11. The summed E-state index contributed by atoms with van der Waals surface area (Å²) in [5, 5.41) is 10.1. The molecule has 1 aliphatic heterocycles. The number of hydrogen-bond acceptors (Lipinski definition) is 12. The van der Waals surface area contributed by atoms with Crippen LogP contribution in [0.2, 0.25) is 0 Å². The molecule has 0 saturated carbocycles. The lowest BCUT2D eigenvalue weighted by Gasteiger charge is -2.31. The summed E-state index contributed by atoms with van der Waals surface area (Å²) in [6.07, 6.45) is 1.99. The molecule has 3 heterocycles. The van der Waals surface area contributed by atoms with Crippen molar-refractivity contribution >= 4 is 65.8 Å². The highest BCUT2D eigenvalue weighted by Gasteiger charge is 2.31. The van der Waals surface area contributed by atoms with Gasteiger partial charge in [-0.15, -0.1) is 0 Å². The van der Waals surface area contributed by atoms with E-state index >= 15 is 0 Å². The van der Waals surface area contributed by atoms with Crippen molar-refractivity contribution in [2.75, 3.05) is 24.1 Å². The lowest BCUT2D eigenvalue weighted by molar-refractivity contribution is -0.271. The number of nitrogens with one attached hydrogen (secondary N) is 2. The molecule has 1 saturated heterocycles. The van der Waals surface area contributed by atoms with E-state index in [0.29, 0.717) is 24.7 Å². The first-order chi connectivity index (χ1) is 21.7. The van der Waals surface area contributed by atoms with Gasteiger partial charge < -0.3 is 18.9 Å². The van der Waals surface area contributed by atoms with Crippen molar-refractivity contribution < 1.29 is 18.9 Å². The number of ether oxygens (including phenoxy) is 4. The summed E-state index contributed by atoms with van der Waals surface area (Å²) in [6, 6.07) is 31.0. The molecule has 7 rings (SSSR count). The highest BCUT2D eigenvalue weighted by atomic mass is 32.1. The molecule has 1 fully saturated rings. The number of benzene rings is 4. The second-order valence-electron chi connectivity index (χ2n) is 9.57. The van der Waals surface area contributed by atoms with E-state index in [1.54, 1.807) is 35.1 Å². The van der Waals surface area contributed by atoms with E-state index in [-0.39, 0.29) is 0 Å². The van der Waals surface area contributed by atoms with Crippen LogP contribution in [0, 0.1) is 0 Å². The Morgan fingerprint density at radius 1 is 0.614 bits per heavy atom. The molecule has 0 radical (unpaired) electrons. The number of hydrogen-bond donors (Lipinski definition) is 2. The van der Waals surface area contributed by atoms with Gasteiger partial charge in [0.05, 0.1) is 46.1 Å². The maximum absolute atomic E-state index is 6.07. The number of para-hydroxylation sites is 2. The molecule has 2 N–H and O–H groups in total. The molecule has 44 heavy (non-hydrogen) atoms. The van der Waals surface area contributed by atoms with Crippen LogP contribution in [0.4, 0.5) is 10.3 Å². The summed E-state index contributed by atoms with van der Waals surface area (Å²) in [5.74, 6) is 1.25. The number of nitrogens with zero attached hydrogens (tertiary/aromatic N) is 4. The van der Waals surface area contributed by atoms with Crippen LogP contribution in [0.25, 0.3) is 20.4 Å². The number of anilines is 2. The zero-order chi connectivity index (χ0) is 29.6. The Morgan fingerprint density at radius 3 is 1.48 bits per heavy atom. The number of fused-ring (bicyclic) bond motifs is 2. The monoisotopic (exact) mass is 622 g/mol. The Balaban J connectivity index is 0.915. The maximum Gasteiger partial charge on any atom is 0.263 e. The van der Waals surface area contributed by atoms with Crippen LogP contribution in [0.15, 0.2) is 107 Å². The van der Waals surface area contributed by atoms with Gasteiger partial charge in [-0.2, -0.15) is 10.2 Å². The zero-order valence-corrected chi connectivity index (χ0v) is 24.8. The van der Waals surface area contributed by atoms with Crippen molar-refractivity contribution in [2.24, 2.45) is 10.2 Å². The lowest BCUT2D eigenvalue weighted by Crippen LogP contribution is -2.45. The van der Waals surface area contributed by atoms with Crippen LogP contribution < -0.4 is 20.3 Å². The lowest BCUT2D eigenvalue weighted by atomic mass is 10.2. The van der Waals surface area contributed by atoms with E-state index in [4.69, 9.17) is 18.9 Å². The minimum atomic E-state index is -0.733. The first-order valence-electron chi connectivity index (χ1n) is 13.8. The van der Waals surface area contributed by atoms with Crippen LogP contribution in [0.1, 0.15) is 11.1 Å². The first kappa shape index (κ1) is 27.9. The average molecular weight is 623 g/mol. The Bertz CT molecular complexity index is 1700. The number of hydrazone groups is 2. The Morgan fingerprint density at radius 2 is 1.05 bits per heavy atom. The molecule has 4 aromatic carbocycles. The molecular formula is C32H26N6O4S2. The van der Waals surface area contributed by atoms with E-state index in [0.717, 1.165) is 41.8 Å². The van der Waals surface area contributed by atoms with Crippen molar-refractivity contribution in [1.29, 1.82) is 0 Å². The number of aromatic nitrogens is 2. The normalized spacial score (nSPS) is 17.0. The van der Waals surface area contributed by atoms with E-state index in [2.05, 4.69) is 31.0 Å². The molecule has 0 spiro atoms. The van der Waals surface area contributed by atoms with E-state index in [1.165, 1.54) is 0 Å². The van der Waals surface area contributed by atoms with Gasteiger partial charge in [0.15, 0.2) is 0 Å². The summed E-state index contributed by atoms with van der Waals surface area (Å²) in [4.78, 5) is 9.04. The third-order valence-corrected chi connectivity index (χ3v) is 8.35. The predicted molar refractivity (Wildman–Crippen MR) is 175 cm³/mol. The molecule has 2 aromatic heterocycles. The zero-order valence-electron chi connectivity index (χ0n) is 23.2. The molecule has 1 aliphatic rings. The largest absolute Gasteiger partial charge is 0.458 e. The SMILES string of the molecule is C(=NNc1nc2ccccc2s1)c1ccc(OC2OCCOC2Oc2ccc(C=NNc3nc4ccccc4s3)cc2)cc1. The van der Waals surface area contributed by atoms with Crippen LogP contribution >= 0.6 is 22.7 Å². The Labute approximate surface area is 260 Å². The molecule has 220 valence electrons. The van der Waals surface area contributed by atoms with Gasteiger partial charge in [0.1, 0.15) is 11.5 Å². The molecule has 12 heteroatoms. The number of thiazole rings is 2. The van der Waals surface area contributed by atoms with E-state index in [1.807, 2.05) is 97.1 Å². The van der Waals surface area contributed by atoms with Crippen molar-refractivity contribution in [1.82, 2.24) is 9.97 Å². The summed E-state index contributed by atoms with van der Waals surface area (Å²) in [7, 11) is 0. The average Bonchev–Trinajstić information content (AvgIpc) is 3.67. The maximum atomic E-state index is 6.07. The van der Waals surface area contributed by atoms with Gasteiger partial charge in [0.25, 0.3) is 12.6 Å². The van der Waals surface area contributed by atoms with E-state index < -0.39 is 12.6 Å². The highest BCUT2D eigenvalue weighted by molar-refractivity contribution is 7.22. The van der Waals surface area contributed by atoms with Crippen LogP contribution in [0.3, 0.4) is 0 Å². The van der Waals surface area contributed by atoms with Gasteiger partial charge >= 0.3 is 0 Å². The summed E-state index contributed by atoms with van der Waals surface area (Å²) < 4.78 is 26.0. The van der Waals surface area contributed by atoms with Gasteiger partial charge in [-0.1, -0.05) is 46.9 Å². The fourth-order valence-electron chi connectivity index (χ4n) is 4.36.